The molecule has 0 unspecified atom stereocenters. The van der Waals surface area contributed by atoms with E-state index in [9.17, 15) is 13.2 Å². The van der Waals surface area contributed by atoms with Crippen LogP contribution in [0.25, 0.3) is 0 Å². The lowest BCUT2D eigenvalue weighted by atomic mass is 10.2. The van der Waals surface area contributed by atoms with Crippen molar-refractivity contribution in [3.8, 4) is 5.75 Å². The second-order valence-corrected chi connectivity index (χ2v) is 6.32. The summed E-state index contributed by atoms with van der Waals surface area (Å²) in [7, 11) is 3.76. The van der Waals surface area contributed by atoms with Crippen LogP contribution >= 0.6 is 24.0 Å². The molecule has 1 aromatic rings. The Hall–Kier alpha value is -1.27. The van der Waals surface area contributed by atoms with Crippen molar-refractivity contribution in [2.45, 2.75) is 26.1 Å². The predicted octanol–water partition coefficient (Wildman–Crippen LogP) is 3.27. The first-order valence-electron chi connectivity index (χ1n) is 9.32. The second kappa shape index (κ2) is 15.6. The molecule has 2 N–H and O–H groups in total. The first kappa shape index (κ1) is 27.7. The maximum Gasteiger partial charge on any atom is 0.422 e. The normalized spacial score (nSPS) is 11.9. The Morgan fingerprint density at radius 1 is 1.14 bits per heavy atom. The lowest BCUT2D eigenvalue weighted by Gasteiger charge is -2.18. The van der Waals surface area contributed by atoms with Crippen LogP contribution < -0.4 is 15.4 Å². The maximum atomic E-state index is 12.2. The molecule has 0 saturated carbocycles. The molecule has 0 bridgehead atoms. The first-order chi connectivity index (χ1) is 13.3. The SMILES string of the molecule is CCNC(=NCc1ccc(OCC(F)(F)F)cc1)NCCN(C)CCCOC.I. The number of guanidine groups is 1. The van der Waals surface area contributed by atoms with Crippen molar-refractivity contribution in [1.29, 1.82) is 0 Å². The summed E-state index contributed by atoms with van der Waals surface area (Å²) >= 11 is 0. The third-order valence-electron chi connectivity index (χ3n) is 3.76. The molecular formula is C19H32F3IN4O2. The average molecular weight is 532 g/mol. The minimum Gasteiger partial charge on any atom is -0.484 e. The van der Waals surface area contributed by atoms with Crippen LogP contribution in [0.4, 0.5) is 13.2 Å². The molecule has 0 heterocycles. The molecule has 0 amide bonds. The quantitative estimate of drug-likeness (QED) is 0.187. The van der Waals surface area contributed by atoms with Crippen molar-refractivity contribution in [2.75, 3.05) is 53.6 Å². The summed E-state index contributed by atoms with van der Waals surface area (Å²) < 4.78 is 46.2. The summed E-state index contributed by atoms with van der Waals surface area (Å²) in [5.41, 5.74) is 0.883. The van der Waals surface area contributed by atoms with Gasteiger partial charge in [-0.15, -0.1) is 24.0 Å². The number of likely N-dealkylation sites (N-methyl/N-ethyl adjacent to an activating group) is 1. The van der Waals surface area contributed by atoms with Gasteiger partial charge in [-0.3, -0.25) is 0 Å². The number of benzene rings is 1. The number of hydrogen-bond donors (Lipinski definition) is 2. The number of alkyl halides is 3. The summed E-state index contributed by atoms with van der Waals surface area (Å²) in [6.45, 7) is 5.19. The Bertz CT molecular complexity index is 572. The highest BCUT2D eigenvalue weighted by atomic mass is 127. The number of rotatable bonds is 12. The number of hydrogen-bond acceptors (Lipinski definition) is 4. The first-order valence-corrected chi connectivity index (χ1v) is 9.32. The van der Waals surface area contributed by atoms with E-state index in [2.05, 4.69) is 27.6 Å². The Kier molecular flexibility index (Phi) is 14.9. The average Bonchev–Trinajstić information content (AvgIpc) is 2.65. The Balaban J connectivity index is 0.00000784. The van der Waals surface area contributed by atoms with Gasteiger partial charge < -0.3 is 25.0 Å². The minimum atomic E-state index is -4.34. The highest BCUT2D eigenvalue weighted by Crippen LogP contribution is 2.19. The van der Waals surface area contributed by atoms with Crippen molar-refractivity contribution in [3.63, 3.8) is 0 Å². The molecule has 0 aromatic heterocycles. The topological polar surface area (TPSA) is 58.1 Å². The monoisotopic (exact) mass is 532 g/mol. The van der Waals surface area contributed by atoms with Gasteiger partial charge in [0.2, 0.25) is 0 Å². The van der Waals surface area contributed by atoms with Crippen molar-refractivity contribution in [3.05, 3.63) is 29.8 Å². The molecule has 0 atom stereocenters. The van der Waals surface area contributed by atoms with Gasteiger partial charge in [0.15, 0.2) is 12.6 Å². The smallest absolute Gasteiger partial charge is 0.422 e. The molecule has 10 heteroatoms. The molecule has 0 aliphatic heterocycles. The van der Waals surface area contributed by atoms with Gasteiger partial charge in [-0.25, -0.2) is 4.99 Å². The van der Waals surface area contributed by atoms with Crippen LogP contribution in [0.3, 0.4) is 0 Å². The third kappa shape index (κ3) is 14.4. The maximum absolute atomic E-state index is 12.2. The highest BCUT2D eigenvalue weighted by Gasteiger charge is 2.28. The van der Waals surface area contributed by atoms with E-state index in [0.717, 1.165) is 44.8 Å². The fraction of sp³-hybridized carbons (Fsp3) is 0.632. The van der Waals surface area contributed by atoms with Crippen LogP contribution in [0.15, 0.2) is 29.3 Å². The van der Waals surface area contributed by atoms with Gasteiger partial charge in [0.25, 0.3) is 0 Å². The molecule has 1 aromatic carbocycles. The number of halogens is 4. The molecular weight excluding hydrogens is 500 g/mol. The Morgan fingerprint density at radius 3 is 2.41 bits per heavy atom. The van der Waals surface area contributed by atoms with Gasteiger partial charge in [0, 0.05) is 39.9 Å². The molecule has 0 aliphatic carbocycles. The van der Waals surface area contributed by atoms with Crippen LogP contribution in [-0.2, 0) is 11.3 Å². The molecule has 0 spiro atoms. The van der Waals surface area contributed by atoms with E-state index in [-0.39, 0.29) is 29.7 Å². The van der Waals surface area contributed by atoms with E-state index in [4.69, 9.17) is 9.47 Å². The Labute approximate surface area is 188 Å². The molecule has 0 aliphatic rings. The van der Waals surface area contributed by atoms with Crippen LogP contribution in [0, 0.1) is 0 Å². The van der Waals surface area contributed by atoms with Crippen LogP contribution in [0.1, 0.15) is 18.9 Å². The molecule has 6 nitrogen and oxygen atoms in total. The van der Waals surface area contributed by atoms with Crippen molar-refractivity contribution in [1.82, 2.24) is 15.5 Å². The van der Waals surface area contributed by atoms with Crippen molar-refractivity contribution >= 4 is 29.9 Å². The predicted molar refractivity (Wildman–Crippen MR) is 120 cm³/mol. The largest absolute Gasteiger partial charge is 0.484 e. The fourth-order valence-electron chi connectivity index (χ4n) is 2.32. The van der Waals surface area contributed by atoms with Gasteiger partial charge in [0.1, 0.15) is 5.75 Å². The summed E-state index contributed by atoms with van der Waals surface area (Å²) in [5, 5.41) is 6.45. The summed E-state index contributed by atoms with van der Waals surface area (Å²) in [4.78, 5) is 6.72. The minimum absolute atomic E-state index is 0. The zero-order valence-electron chi connectivity index (χ0n) is 17.2. The van der Waals surface area contributed by atoms with Crippen molar-refractivity contribution in [2.24, 2.45) is 4.99 Å². The number of nitrogens with one attached hydrogen (secondary N) is 2. The van der Waals surface area contributed by atoms with Crippen LogP contribution in [0.5, 0.6) is 5.75 Å². The lowest BCUT2D eigenvalue weighted by Crippen LogP contribution is -2.41. The van der Waals surface area contributed by atoms with E-state index in [1.165, 1.54) is 12.1 Å². The third-order valence-corrected chi connectivity index (χ3v) is 3.76. The van der Waals surface area contributed by atoms with Gasteiger partial charge in [-0.2, -0.15) is 13.2 Å². The zero-order valence-corrected chi connectivity index (χ0v) is 19.5. The van der Waals surface area contributed by atoms with E-state index >= 15 is 0 Å². The highest BCUT2D eigenvalue weighted by molar-refractivity contribution is 14.0. The summed E-state index contributed by atoms with van der Waals surface area (Å²) in [5.74, 6) is 0.886. The fourth-order valence-corrected chi connectivity index (χ4v) is 2.32. The number of methoxy groups -OCH3 is 1. The molecule has 168 valence electrons. The van der Waals surface area contributed by atoms with Gasteiger partial charge in [-0.05, 0) is 38.1 Å². The lowest BCUT2D eigenvalue weighted by molar-refractivity contribution is -0.153. The van der Waals surface area contributed by atoms with Crippen molar-refractivity contribution < 1.29 is 22.6 Å². The molecule has 1 rings (SSSR count). The summed E-state index contributed by atoms with van der Waals surface area (Å²) in [6, 6.07) is 6.46. The zero-order chi connectivity index (χ0) is 20.8. The van der Waals surface area contributed by atoms with E-state index < -0.39 is 12.8 Å². The van der Waals surface area contributed by atoms with Crippen LogP contribution in [-0.4, -0.2) is 70.6 Å². The van der Waals surface area contributed by atoms with Gasteiger partial charge in [0.05, 0.1) is 6.54 Å². The number of aliphatic imine (C=N–C) groups is 1. The molecule has 0 saturated heterocycles. The van der Waals surface area contributed by atoms with E-state index in [1.807, 2.05) is 6.92 Å². The Morgan fingerprint density at radius 2 is 1.83 bits per heavy atom. The van der Waals surface area contributed by atoms with Gasteiger partial charge >= 0.3 is 6.18 Å². The second-order valence-electron chi connectivity index (χ2n) is 6.32. The number of ether oxygens (including phenoxy) is 2. The number of nitrogens with zero attached hydrogens (tertiary/aromatic N) is 2. The van der Waals surface area contributed by atoms with Gasteiger partial charge in [-0.1, -0.05) is 12.1 Å². The van der Waals surface area contributed by atoms with E-state index in [1.54, 1.807) is 19.2 Å². The summed E-state index contributed by atoms with van der Waals surface area (Å²) in [6.07, 6.45) is -3.35. The molecule has 0 fully saturated rings. The standard InChI is InChI=1S/C19H31F3N4O2.HI/c1-4-23-18(24-10-12-26(2)11-5-13-27-3)25-14-16-6-8-17(9-7-16)28-15-19(20,21)22;/h6-9H,4-5,10-15H2,1-3H3,(H2,23,24,25);1H. The van der Waals surface area contributed by atoms with E-state index in [0.29, 0.717) is 12.5 Å². The molecule has 0 radical (unpaired) electrons. The molecule has 29 heavy (non-hydrogen) atoms. The van der Waals surface area contributed by atoms with Crippen LogP contribution in [0.2, 0.25) is 0 Å².